The summed E-state index contributed by atoms with van der Waals surface area (Å²) >= 11 is 0. The summed E-state index contributed by atoms with van der Waals surface area (Å²) in [5, 5.41) is 0. The monoisotopic (exact) mass is 163 g/mol. The second-order valence-corrected chi connectivity index (χ2v) is 2.51. The van der Waals surface area contributed by atoms with Crippen LogP contribution in [0.5, 0.6) is 5.88 Å². The maximum Gasteiger partial charge on any atom is 0.221 e. The predicted molar refractivity (Wildman–Crippen MR) is 44.3 cm³/mol. The molecule has 2 heterocycles. The van der Waals surface area contributed by atoms with Crippen molar-refractivity contribution >= 4 is 5.65 Å². The number of aromatic nitrogens is 3. The van der Waals surface area contributed by atoms with Crippen molar-refractivity contribution in [3.05, 3.63) is 24.3 Å². The highest BCUT2D eigenvalue weighted by Gasteiger charge is 2.06. The van der Waals surface area contributed by atoms with Crippen LogP contribution in [-0.4, -0.2) is 21.5 Å². The summed E-state index contributed by atoms with van der Waals surface area (Å²) in [5.41, 5.74) is 1.69. The summed E-state index contributed by atoms with van der Waals surface area (Å²) in [6.45, 7) is 1.91. The van der Waals surface area contributed by atoms with Crippen molar-refractivity contribution in [1.29, 1.82) is 0 Å². The minimum absolute atomic E-state index is 0.771. The van der Waals surface area contributed by atoms with E-state index < -0.39 is 0 Å². The molecule has 4 nitrogen and oxygen atoms in total. The first kappa shape index (κ1) is 7.09. The minimum Gasteiger partial charge on any atom is -0.481 e. The first-order valence-corrected chi connectivity index (χ1v) is 3.65. The summed E-state index contributed by atoms with van der Waals surface area (Å²) in [6.07, 6.45) is 5.24. The molecule has 0 unspecified atom stereocenters. The van der Waals surface area contributed by atoms with E-state index in [1.54, 1.807) is 19.5 Å². The van der Waals surface area contributed by atoms with Gasteiger partial charge in [0.1, 0.15) is 5.69 Å². The van der Waals surface area contributed by atoms with Crippen molar-refractivity contribution in [2.45, 2.75) is 6.92 Å². The summed E-state index contributed by atoms with van der Waals surface area (Å²) in [5.74, 6) is 0.771. The molecule has 0 fully saturated rings. The molecular weight excluding hydrogens is 154 g/mol. The Hall–Kier alpha value is -1.58. The third-order valence-corrected chi connectivity index (χ3v) is 1.74. The fourth-order valence-electron chi connectivity index (χ4n) is 1.25. The van der Waals surface area contributed by atoms with Crippen LogP contribution in [0.15, 0.2) is 18.6 Å². The third kappa shape index (κ3) is 0.845. The molecule has 0 bridgehead atoms. The second-order valence-electron chi connectivity index (χ2n) is 2.51. The molecule has 4 heteroatoms. The molecule has 0 aliphatic carbocycles. The molecule has 0 spiro atoms. The molecule has 62 valence electrons. The zero-order chi connectivity index (χ0) is 8.55. The van der Waals surface area contributed by atoms with Crippen LogP contribution in [-0.2, 0) is 0 Å². The second kappa shape index (κ2) is 2.48. The SMILES string of the molecule is COc1c(C)nc2cnccn12. The largest absolute Gasteiger partial charge is 0.481 e. The Balaban J connectivity index is 2.81. The molecule has 0 radical (unpaired) electrons. The van der Waals surface area contributed by atoms with Gasteiger partial charge < -0.3 is 4.74 Å². The van der Waals surface area contributed by atoms with Gasteiger partial charge in [-0.05, 0) is 6.92 Å². The molecule has 0 saturated carbocycles. The smallest absolute Gasteiger partial charge is 0.221 e. The number of aryl methyl sites for hydroxylation is 1. The van der Waals surface area contributed by atoms with Crippen molar-refractivity contribution in [1.82, 2.24) is 14.4 Å². The molecule has 12 heavy (non-hydrogen) atoms. The molecule has 2 aromatic rings. The van der Waals surface area contributed by atoms with E-state index in [0.717, 1.165) is 17.2 Å². The first-order chi connectivity index (χ1) is 5.83. The van der Waals surface area contributed by atoms with E-state index >= 15 is 0 Å². The lowest BCUT2D eigenvalue weighted by Gasteiger charge is -1.98. The summed E-state index contributed by atoms with van der Waals surface area (Å²) in [7, 11) is 1.64. The Morgan fingerprint density at radius 2 is 2.33 bits per heavy atom. The fourth-order valence-corrected chi connectivity index (χ4v) is 1.25. The Bertz CT molecular complexity index is 408. The molecule has 0 aliphatic rings. The van der Waals surface area contributed by atoms with E-state index in [1.165, 1.54) is 0 Å². The number of imidazole rings is 1. The Labute approximate surface area is 69.8 Å². The van der Waals surface area contributed by atoms with Gasteiger partial charge in [0.05, 0.1) is 13.3 Å². The van der Waals surface area contributed by atoms with Gasteiger partial charge in [-0.15, -0.1) is 0 Å². The van der Waals surface area contributed by atoms with Gasteiger partial charge in [-0.3, -0.25) is 9.38 Å². The van der Waals surface area contributed by atoms with E-state index in [9.17, 15) is 0 Å². The molecular formula is C8H9N3O. The van der Waals surface area contributed by atoms with Crippen molar-refractivity contribution in [3.63, 3.8) is 0 Å². The Morgan fingerprint density at radius 1 is 1.50 bits per heavy atom. The van der Waals surface area contributed by atoms with E-state index in [0.29, 0.717) is 0 Å². The van der Waals surface area contributed by atoms with Crippen LogP contribution in [0, 0.1) is 6.92 Å². The molecule has 0 aliphatic heterocycles. The van der Waals surface area contributed by atoms with Crippen LogP contribution in [0.4, 0.5) is 0 Å². The molecule has 2 aromatic heterocycles. The Morgan fingerprint density at radius 3 is 3.08 bits per heavy atom. The predicted octanol–water partition coefficient (Wildman–Crippen LogP) is 1.05. The fraction of sp³-hybridized carbons (Fsp3) is 0.250. The molecule has 2 rings (SSSR count). The van der Waals surface area contributed by atoms with E-state index in [-0.39, 0.29) is 0 Å². The summed E-state index contributed by atoms with van der Waals surface area (Å²) < 4.78 is 7.03. The first-order valence-electron chi connectivity index (χ1n) is 3.65. The molecule has 0 amide bonds. The van der Waals surface area contributed by atoms with E-state index in [2.05, 4.69) is 9.97 Å². The van der Waals surface area contributed by atoms with E-state index in [1.807, 2.05) is 17.5 Å². The Kier molecular flexibility index (Phi) is 1.46. The van der Waals surface area contributed by atoms with Crippen molar-refractivity contribution < 1.29 is 4.74 Å². The van der Waals surface area contributed by atoms with Gasteiger partial charge in [-0.25, -0.2) is 4.98 Å². The van der Waals surface area contributed by atoms with E-state index in [4.69, 9.17) is 4.74 Å². The number of methoxy groups -OCH3 is 1. The number of rotatable bonds is 1. The number of ether oxygens (including phenoxy) is 1. The van der Waals surface area contributed by atoms with Crippen LogP contribution in [0.1, 0.15) is 5.69 Å². The van der Waals surface area contributed by atoms with Gasteiger partial charge in [0.25, 0.3) is 0 Å². The summed E-state index contributed by atoms with van der Waals surface area (Å²) in [4.78, 5) is 8.22. The van der Waals surface area contributed by atoms with Gasteiger partial charge in [-0.1, -0.05) is 0 Å². The average molecular weight is 163 g/mol. The molecule has 0 atom stereocenters. The number of hydrogen-bond acceptors (Lipinski definition) is 3. The van der Waals surface area contributed by atoms with Gasteiger partial charge in [0.2, 0.25) is 5.88 Å². The van der Waals surface area contributed by atoms with Crippen molar-refractivity contribution in [2.24, 2.45) is 0 Å². The minimum atomic E-state index is 0.771. The van der Waals surface area contributed by atoms with Gasteiger partial charge >= 0.3 is 0 Å². The molecule has 0 aromatic carbocycles. The van der Waals surface area contributed by atoms with Crippen molar-refractivity contribution in [2.75, 3.05) is 7.11 Å². The molecule has 0 saturated heterocycles. The lowest BCUT2D eigenvalue weighted by atomic mass is 10.5. The highest BCUT2D eigenvalue weighted by Crippen LogP contribution is 2.17. The van der Waals surface area contributed by atoms with Gasteiger partial charge in [-0.2, -0.15) is 0 Å². The zero-order valence-corrected chi connectivity index (χ0v) is 6.98. The average Bonchev–Trinajstić information content (AvgIpc) is 2.40. The number of hydrogen-bond donors (Lipinski definition) is 0. The lowest BCUT2D eigenvalue weighted by Crippen LogP contribution is -1.90. The summed E-state index contributed by atoms with van der Waals surface area (Å²) in [6, 6.07) is 0. The van der Waals surface area contributed by atoms with Gasteiger partial charge in [0.15, 0.2) is 5.65 Å². The van der Waals surface area contributed by atoms with Crippen LogP contribution in [0.2, 0.25) is 0 Å². The number of nitrogens with zero attached hydrogens (tertiary/aromatic N) is 3. The standard InChI is InChI=1S/C8H9N3O/c1-6-8(12-2)11-4-3-9-5-7(11)10-6/h3-5H,1-2H3. The normalized spacial score (nSPS) is 10.5. The molecule has 0 N–H and O–H groups in total. The van der Waals surface area contributed by atoms with Crippen LogP contribution < -0.4 is 4.74 Å². The third-order valence-electron chi connectivity index (χ3n) is 1.74. The number of fused-ring (bicyclic) bond motifs is 1. The zero-order valence-electron chi connectivity index (χ0n) is 6.98. The maximum absolute atomic E-state index is 5.17. The topological polar surface area (TPSA) is 39.4 Å². The van der Waals surface area contributed by atoms with Crippen LogP contribution in [0.25, 0.3) is 5.65 Å². The van der Waals surface area contributed by atoms with Crippen molar-refractivity contribution in [3.8, 4) is 5.88 Å². The highest BCUT2D eigenvalue weighted by atomic mass is 16.5. The van der Waals surface area contributed by atoms with Crippen LogP contribution >= 0.6 is 0 Å². The van der Waals surface area contributed by atoms with Gasteiger partial charge in [0, 0.05) is 12.4 Å². The van der Waals surface area contributed by atoms with Crippen LogP contribution in [0.3, 0.4) is 0 Å². The highest BCUT2D eigenvalue weighted by molar-refractivity contribution is 5.43. The maximum atomic E-state index is 5.17. The lowest BCUT2D eigenvalue weighted by molar-refractivity contribution is 0.390. The quantitative estimate of drug-likeness (QED) is 0.630.